The molecule has 0 bridgehead atoms. The predicted molar refractivity (Wildman–Crippen MR) is 116 cm³/mol. The third-order valence-electron chi connectivity index (χ3n) is 6.11. The molecular weight excluding hydrogens is 440 g/mol. The summed E-state index contributed by atoms with van der Waals surface area (Å²) >= 11 is 6.52. The van der Waals surface area contributed by atoms with Crippen LogP contribution in [0.5, 0.6) is 0 Å². The largest absolute Gasteiger partial charge is 0.367 e. The molecule has 0 spiro atoms. The molecule has 6 rings (SSSR count). The van der Waals surface area contributed by atoms with E-state index in [0.29, 0.717) is 39.3 Å². The highest BCUT2D eigenvalue weighted by Gasteiger charge is 2.43. The minimum absolute atomic E-state index is 0.0374. The maximum Gasteiger partial charge on any atom is 0.231 e. The van der Waals surface area contributed by atoms with Crippen LogP contribution in [0.25, 0.3) is 27.8 Å². The molecule has 4 aromatic rings. The van der Waals surface area contributed by atoms with Crippen molar-refractivity contribution in [1.29, 1.82) is 0 Å². The molecule has 2 aliphatic carbocycles. The average Bonchev–Trinajstić information content (AvgIpc) is 3.66. The van der Waals surface area contributed by atoms with E-state index < -0.39 is 23.8 Å². The van der Waals surface area contributed by atoms with E-state index in [1.54, 1.807) is 23.0 Å². The monoisotopic (exact) mass is 457 g/mol. The van der Waals surface area contributed by atoms with E-state index >= 15 is 4.39 Å². The second kappa shape index (κ2) is 6.86. The Hall–Kier alpha value is -3.27. The summed E-state index contributed by atoms with van der Waals surface area (Å²) in [5.41, 5.74) is 2.27. The van der Waals surface area contributed by atoms with Gasteiger partial charge in [-0.25, -0.2) is 13.8 Å². The first kappa shape index (κ1) is 19.4. The van der Waals surface area contributed by atoms with Crippen molar-refractivity contribution in [3.63, 3.8) is 0 Å². The number of halogens is 3. The number of alkyl halides is 1. The average molecular weight is 458 g/mol. The second-order valence-corrected chi connectivity index (χ2v) is 8.74. The maximum atomic E-state index is 15.4. The lowest BCUT2D eigenvalue weighted by Gasteiger charge is -2.22. The lowest BCUT2D eigenvalue weighted by Crippen LogP contribution is -2.21. The van der Waals surface area contributed by atoms with Crippen LogP contribution in [0.4, 0.5) is 20.3 Å². The number of rotatable bonds is 5. The molecule has 2 fully saturated rings. The zero-order valence-corrected chi connectivity index (χ0v) is 17.7. The fourth-order valence-electron chi connectivity index (χ4n) is 4.07. The van der Waals surface area contributed by atoms with Gasteiger partial charge in [0.2, 0.25) is 5.91 Å². The third-order valence-corrected chi connectivity index (χ3v) is 6.47. The molecule has 1 amide bonds. The quantitative estimate of drug-likeness (QED) is 0.473. The lowest BCUT2D eigenvalue weighted by atomic mass is 10.0. The molecule has 0 unspecified atom stereocenters. The smallest absolute Gasteiger partial charge is 0.231 e. The number of carbonyl (C=O) groups excluding carboxylic acids is 1. The molecule has 2 N–H and O–H groups in total. The molecule has 0 saturated heterocycles. The van der Waals surface area contributed by atoms with Crippen molar-refractivity contribution in [3.8, 4) is 11.3 Å². The van der Waals surface area contributed by atoms with Gasteiger partial charge in [-0.2, -0.15) is 5.10 Å². The van der Waals surface area contributed by atoms with Gasteiger partial charge in [-0.15, -0.1) is 0 Å². The van der Waals surface area contributed by atoms with Crippen LogP contribution in [0.2, 0.25) is 5.02 Å². The molecule has 8 nitrogen and oxygen atoms in total. The fourth-order valence-corrected chi connectivity index (χ4v) is 4.35. The minimum atomic E-state index is -1.09. The van der Waals surface area contributed by atoms with Crippen LogP contribution in [-0.2, 0) is 4.79 Å². The third kappa shape index (κ3) is 3.01. The van der Waals surface area contributed by atoms with Crippen molar-refractivity contribution in [2.75, 3.05) is 17.3 Å². The molecule has 32 heavy (non-hydrogen) atoms. The Morgan fingerprint density at radius 1 is 1.34 bits per heavy atom. The van der Waals surface area contributed by atoms with Gasteiger partial charge >= 0.3 is 0 Å². The van der Waals surface area contributed by atoms with Crippen LogP contribution in [0, 0.1) is 11.7 Å². The predicted octanol–water partition coefficient (Wildman–Crippen LogP) is 3.96. The molecule has 2 aliphatic rings. The van der Waals surface area contributed by atoms with Crippen molar-refractivity contribution in [3.05, 3.63) is 35.6 Å². The molecule has 164 valence electrons. The van der Waals surface area contributed by atoms with Crippen LogP contribution in [0.15, 0.2) is 24.8 Å². The summed E-state index contributed by atoms with van der Waals surface area (Å²) in [7, 11) is 1.85. The Labute approximate surface area is 185 Å². The summed E-state index contributed by atoms with van der Waals surface area (Å²) in [6.07, 6.45) is 7.53. The highest BCUT2D eigenvalue weighted by molar-refractivity contribution is 6.35. The van der Waals surface area contributed by atoms with Gasteiger partial charge in [0.15, 0.2) is 17.3 Å². The van der Waals surface area contributed by atoms with E-state index in [4.69, 9.17) is 11.6 Å². The van der Waals surface area contributed by atoms with Crippen molar-refractivity contribution in [2.24, 2.45) is 5.92 Å². The first-order chi connectivity index (χ1) is 15.4. The number of aromatic amines is 1. The number of imidazole rings is 1. The fraction of sp³-hybridized carbons (Fsp3) is 0.333. The van der Waals surface area contributed by atoms with Gasteiger partial charge in [-0.3, -0.25) is 14.9 Å². The molecule has 0 aliphatic heterocycles. The standard InChI is InChI=1S/C21H18ClF2N7O/c1-30(9-2-3-9)20-18(24)17(22)16(11-5-26-29-19(11)20)13-7-31-8-14(27-15(31)6-25-13)28-21(32)10-4-12(10)23/h5-10,12H,2-4H2,1H3,(H,26,29)(H,28,32)/t10-,12-/m0/s1. The number of aromatic nitrogens is 5. The van der Waals surface area contributed by atoms with E-state index in [-0.39, 0.29) is 17.5 Å². The van der Waals surface area contributed by atoms with Gasteiger partial charge in [0.25, 0.3) is 0 Å². The molecule has 2 atom stereocenters. The van der Waals surface area contributed by atoms with Gasteiger partial charge in [0.1, 0.15) is 11.9 Å². The molecule has 1 aromatic carbocycles. The van der Waals surface area contributed by atoms with Gasteiger partial charge in [-0.1, -0.05) is 11.6 Å². The first-order valence-corrected chi connectivity index (χ1v) is 10.7. The number of hydrogen-bond donors (Lipinski definition) is 2. The van der Waals surface area contributed by atoms with Crippen LogP contribution < -0.4 is 10.2 Å². The van der Waals surface area contributed by atoms with Crippen LogP contribution in [-0.4, -0.2) is 49.7 Å². The van der Waals surface area contributed by atoms with Crippen LogP contribution in [0.1, 0.15) is 19.3 Å². The second-order valence-electron chi connectivity index (χ2n) is 8.36. The summed E-state index contributed by atoms with van der Waals surface area (Å²) in [6, 6.07) is 0.287. The summed E-state index contributed by atoms with van der Waals surface area (Å²) in [4.78, 5) is 22.6. The molecule has 3 heterocycles. The number of H-pyrrole nitrogens is 1. The van der Waals surface area contributed by atoms with Gasteiger partial charge < -0.3 is 14.6 Å². The lowest BCUT2D eigenvalue weighted by molar-refractivity contribution is -0.117. The molecule has 11 heteroatoms. The Kier molecular flexibility index (Phi) is 4.16. The normalized spacial score (nSPS) is 20.1. The van der Waals surface area contributed by atoms with E-state index in [1.165, 1.54) is 6.20 Å². The minimum Gasteiger partial charge on any atom is -0.367 e. The van der Waals surface area contributed by atoms with E-state index in [1.807, 2.05) is 11.9 Å². The Bertz CT molecular complexity index is 1400. The number of amides is 1. The van der Waals surface area contributed by atoms with Crippen molar-refractivity contribution >= 4 is 45.6 Å². The topological polar surface area (TPSA) is 91.2 Å². The number of benzene rings is 1. The number of hydrogen-bond acceptors (Lipinski definition) is 5. The molecule has 0 radical (unpaired) electrons. The molecule has 2 saturated carbocycles. The maximum absolute atomic E-state index is 15.4. The molecular formula is C21H18ClF2N7O. The van der Waals surface area contributed by atoms with Gasteiger partial charge in [0.05, 0.1) is 40.7 Å². The number of nitrogens with one attached hydrogen (secondary N) is 2. The number of anilines is 2. The Morgan fingerprint density at radius 2 is 2.12 bits per heavy atom. The zero-order chi connectivity index (χ0) is 22.1. The number of carbonyl (C=O) groups is 1. The zero-order valence-electron chi connectivity index (χ0n) is 16.9. The molecule has 3 aromatic heterocycles. The summed E-state index contributed by atoms with van der Waals surface area (Å²) in [5.74, 6) is -1.25. The van der Waals surface area contributed by atoms with Crippen molar-refractivity contribution < 1.29 is 13.6 Å². The first-order valence-electron chi connectivity index (χ1n) is 10.3. The van der Waals surface area contributed by atoms with E-state index in [2.05, 4.69) is 25.5 Å². The summed E-state index contributed by atoms with van der Waals surface area (Å²) < 4.78 is 30.2. The van der Waals surface area contributed by atoms with Crippen LogP contribution in [0.3, 0.4) is 0 Å². The SMILES string of the molecule is CN(c1c(F)c(Cl)c(-c2cn3cc(NC(=O)[C@H]4C[C@@H]4F)nc3cn2)c2cn[nH]c12)C1CC1. The van der Waals surface area contributed by atoms with Gasteiger partial charge in [0, 0.05) is 30.2 Å². The van der Waals surface area contributed by atoms with E-state index in [0.717, 1.165) is 12.8 Å². The van der Waals surface area contributed by atoms with E-state index in [9.17, 15) is 9.18 Å². The number of nitrogens with zero attached hydrogens (tertiary/aromatic N) is 5. The summed E-state index contributed by atoms with van der Waals surface area (Å²) in [5, 5.41) is 10.3. The highest BCUT2D eigenvalue weighted by atomic mass is 35.5. The van der Waals surface area contributed by atoms with Crippen molar-refractivity contribution in [2.45, 2.75) is 31.5 Å². The number of fused-ring (bicyclic) bond motifs is 2. The Balaban J connectivity index is 1.42. The van der Waals surface area contributed by atoms with Gasteiger partial charge in [-0.05, 0) is 19.3 Å². The van der Waals surface area contributed by atoms with Crippen LogP contribution >= 0.6 is 11.6 Å². The summed E-state index contributed by atoms with van der Waals surface area (Å²) in [6.45, 7) is 0. The van der Waals surface area contributed by atoms with Crippen molar-refractivity contribution in [1.82, 2.24) is 24.6 Å². The highest BCUT2D eigenvalue weighted by Crippen LogP contribution is 2.44. The Morgan fingerprint density at radius 3 is 2.84 bits per heavy atom.